The van der Waals surface area contributed by atoms with Crippen molar-refractivity contribution < 1.29 is 17.5 Å². The summed E-state index contributed by atoms with van der Waals surface area (Å²) < 4.78 is 54.8. The Morgan fingerprint density at radius 1 is 0.906 bits per heavy atom. The second-order valence-electron chi connectivity index (χ2n) is 9.12. The lowest BCUT2D eigenvalue weighted by molar-refractivity contribution is 0.412. The molecule has 172 valence electrons. The third-order valence-electron chi connectivity index (χ3n) is 6.88. The first-order valence-electron chi connectivity index (χ1n) is 11.4. The van der Waals surface area contributed by atoms with E-state index in [1.54, 1.807) is 0 Å². The zero-order valence-corrected chi connectivity index (χ0v) is 21.2. The fraction of sp³-hybridized carbons (Fsp3) is 0.500. The molecule has 1 heterocycles. The molecule has 2 aromatic carbocycles. The van der Waals surface area contributed by atoms with Crippen molar-refractivity contribution >= 4 is 35.6 Å². The standard InChI is InChI=1S/C24H32NO4P2S/c1-32(28,29)25-18-22(30(26)21-11-5-2-6-12-21)17-20(25)19-31(27,23-13-7-3-8-14-23)24-15-9-4-10-16-24/h3-4,7-10,13-16,20-22H,2,5-6,11-12,17-19H2,1H3/q+1/t20-,22-/m0/s1. The van der Waals surface area contributed by atoms with Gasteiger partial charge in [-0.3, -0.25) is 0 Å². The van der Waals surface area contributed by atoms with E-state index in [1.807, 2.05) is 60.7 Å². The van der Waals surface area contributed by atoms with Crippen molar-refractivity contribution in [2.24, 2.45) is 0 Å². The largest absolute Gasteiger partial charge is 0.346 e. The highest BCUT2D eigenvalue weighted by atomic mass is 32.2. The molecule has 1 aliphatic heterocycles. The summed E-state index contributed by atoms with van der Waals surface area (Å²) >= 11 is 0. The molecule has 2 aromatic rings. The summed E-state index contributed by atoms with van der Waals surface area (Å²) in [5.41, 5.74) is 0.0341. The Bertz CT molecular complexity index is 1040. The van der Waals surface area contributed by atoms with Crippen molar-refractivity contribution in [2.75, 3.05) is 19.0 Å². The first-order valence-corrected chi connectivity index (χ1v) is 16.6. The summed E-state index contributed by atoms with van der Waals surface area (Å²) in [4.78, 5) is 0. The summed E-state index contributed by atoms with van der Waals surface area (Å²) in [6.07, 6.45) is 7.32. The van der Waals surface area contributed by atoms with E-state index in [0.717, 1.165) is 36.3 Å². The number of rotatable bonds is 7. The molecule has 4 rings (SSSR count). The molecular formula is C24H32NO4P2S+. The Kier molecular flexibility index (Phi) is 7.36. The van der Waals surface area contributed by atoms with Gasteiger partial charge in [0, 0.05) is 29.2 Å². The van der Waals surface area contributed by atoms with Gasteiger partial charge in [0.25, 0.3) is 0 Å². The zero-order chi connectivity index (χ0) is 22.8. The van der Waals surface area contributed by atoms with Crippen LogP contribution in [0.5, 0.6) is 0 Å². The molecule has 1 saturated heterocycles. The fourth-order valence-corrected chi connectivity index (χ4v) is 11.8. The molecule has 3 atom stereocenters. The van der Waals surface area contributed by atoms with Crippen LogP contribution in [-0.4, -0.2) is 49.0 Å². The Balaban J connectivity index is 1.66. The molecule has 2 fully saturated rings. The maximum Gasteiger partial charge on any atom is 0.346 e. The van der Waals surface area contributed by atoms with Gasteiger partial charge < -0.3 is 4.57 Å². The lowest BCUT2D eigenvalue weighted by Crippen LogP contribution is -2.39. The van der Waals surface area contributed by atoms with Crippen LogP contribution in [0.25, 0.3) is 0 Å². The Hall–Kier alpha value is -1.32. The molecule has 2 aliphatic rings. The Morgan fingerprint density at radius 2 is 1.44 bits per heavy atom. The minimum Gasteiger partial charge on any atom is -0.314 e. The summed E-state index contributed by atoms with van der Waals surface area (Å²) in [6.45, 7) is 0.277. The van der Waals surface area contributed by atoms with E-state index >= 15 is 0 Å². The van der Waals surface area contributed by atoms with Gasteiger partial charge in [0.15, 0.2) is 11.3 Å². The monoisotopic (exact) mass is 492 g/mol. The van der Waals surface area contributed by atoms with Gasteiger partial charge in [-0.1, -0.05) is 71.6 Å². The van der Waals surface area contributed by atoms with Gasteiger partial charge in [0.05, 0.1) is 12.8 Å². The van der Waals surface area contributed by atoms with Gasteiger partial charge in [0.2, 0.25) is 10.0 Å². The topological polar surface area (TPSA) is 71.5 Å². The number of hydrogen-bond acceptors (Lipinski definition) is 4. The van der Waals surface area contributed by atoms with Gasteiger partial charge in [-0.2, -0.15) is 4.31 Å². The zero-order valence-electron chi connectivity index (χ0n) is 18.5. The lowest BCUT2D eigenvalue weighted by atomic mass is 10.0. The van der Waals surface area contributed by atoms with Crippen LogP contribution in [0.1, 0.15) is 38.5 Å². The molecule has 0 spiro atoms. The van der Waals surface area contributed by atoms with Crippen molar-refractivity contribution in [3.8, 4) is 0 Å². The van der Waals surface area contributed by atoms with E-state index in [2.05, 4.69) is 0 Å². The van der Waals surface area contributed by atoms with Gasteiger partial charge in [0.1, 0.15) is 7.14 Å². The summed E-state index contributed by atoms with van der Waals surface area (Å²) in [5.74, 6) is 0. The Labute approximate surface area is 192 Å². The first kappa shape index (κ1) is 23.8. The molecule has 0 radical (unpaired) electrons. The Morgan fingerprint density at radius 3 is 1.94 bits per heavy atom. The second-order valence-corrected chi connectivity index (χ2v) is 16.1. The summed E-state index contributed by atoms with van der Waals surface area (Å²) in [7, 11) is -8.07. The van der Waals surface area contributed by atoms with Crippen molar-refractivity contribution in [1.29, 1.82) is 0 Å². The first-order chi connectivity index (χ1) is 15.3. The van der Waals surface area contributed by atoms with Crippen molar-refractivity contribution in [1.82, 2.24) is 4.31 Å². The molecule has 0 amide bonds. The van der Waals surface area contributed by atoms with Gasteiger partial charge in [-0.25, -0.2) is 8.42 Å². The van der Waals surface area contributed by atoms with Crippen molar-refractivity contribution in [2.45, 2.75) is 55.9 Å². The molecule has 1 saturated carbocycles. The average molecular weight is 493 g/mol. The number of sulfonamides is 1. The third kappa shape index (κ3) is 5.09. The molecule has 32 heavy (non-hydrogen) atoms. The van der Waals surface area contributed by atoms with E-state index in [9.17, 15) is 17.5 Å². The molecule has 1 aliphatic carbocycles. The number of hydrogen-bond donors (Lipinski definition) is 0. The molecule has 0 N–H and O–H groups in total. The van der Waals surface area contributed by atoms with Crippen LogP contribution in [-0.2, 0) is 19.2 Å². The molecule has 1 unspecified atom stereocenters. The quantitative estimate of drug-likeness (QED) is 0.531. The van der Waals surface area contributed by atoms with E-state index < -0.39 is 31.0 Å². The van der Waals surface area contributed by atoms with Crippen LogP contribution in [0.15, 0.2) is 60.7 Å². The normalized spacial score (nSPS) is 23.8. The van der Waals surface area contributed by atoms with Gasteiger partial charge in [-0.05, 0) is 25.7 Å². The predicted octanol–water partition coefficient (Wildman–Crippen LogP) is 4.56. The van der Waals surface area contributed by atoms with E-state index in [-0.39, 0.29) is 24.0 Å². The molecule has 0 aromatic heterocycles. The predicted molar refractivity (Wildman–Crippen MR) is 133 cm³/mol. The highest BCUT2D eigenvalue weighted by Crippen LogP contribution is 2.51. The molecule has 0 bridgehead atoms. The smallest absolute Gasteiger partial charge is 0.314 e. The van der Waals surface area contributed by atoms with Gasteiger partial charge in [-0.15, -0.1) is 0 Å². The van der Waals surface area contributed by atoms with Crippen LogP contribution in [0.3, 0.4) is 0 Å². The van der Waals surface area contributed by atoms with Gasteiger partial charge >= 0.3 is 7.80 Å². The molecule has 5 nitrogen and oxygen atoms in total. The fourth-order valence-electron chi connectivity index (χ4n) is 5.25. The minimum atomic E-state index is -3.50. The summed E-state index contributed by atoms with van der Waals surface area (Å²) in [5, 5.41) is 1.47. The number of benzene rings is 2. The van der Waals surface area contributed by atoms with Crippen LogP contribution < -0.4 is 10.6 Å². The van der Waals surface area contributed by atoms with Crippen LogP contribution in [0.2, 0.25) is 0 Å². The van der Waals surface area contributed by atoms with E-state index in [4.69, 9.17) is 0 Å². The highest BCUT2D eigenvalue weighted by Gasteiger charge is 2.51. The van der Waals surface area contributed by atoms with Crippen LogP contribution in [0, 0.1) is 0 Å². The summed E-state index contributed by atoms with van der Waals surface area (Å²) in [6, 6.07) is 18.3. The molecule has 8 heteroatoms. The van der Waals surface area contributed by atoms with E-state index in [0.29, 0.717) is 6.42 Å². The maximum atomic E-state index is 14.5. The highest BCUT2D eigenvalue weighted by molar-refractivity contribution is 7.88. The second kappa shape index (κ2) is 9.89. The maximum absolute atomic E-state index is 14.5. The molecular weight excluding hydrogens is 460 g/mol. The number of nitrogens with zero attached hydrogens (tertiary/aromatic N) is 1. The van der Waals surface area contributed by atoms with Crippen molar-refractivity contribution in [3.05, 3.63) is 60.7 Å². The van der Waals surface area contributed by atoms with Crippen molar-refractivity contribution in [3.63, 3.8) is 0 Å². The van der Waals surface area contributed by atoms with Crippen LogP contribution in [0.4, 0.5) is 0 Å². The lowest BCUT2D eigenvalue weighted by Gasteiger charge is -2.27. The van der Waals surface area contributed by atoms with E-state index in [1.165, 1.54) is 17.0 Å². The average Bonchev–Trinajstić information content (AvgIpc) is 3.24. The third-order valence-corrected chi connectivity index (χ3v) is 13.7. The van der Waals surface area contributed by atoms with Crippen LogP contribution >= 0.6 is 14.9 Å². The SMILES string of the molecule is CS(=O)(=O)N1C[C@@H]([P+](=O)C2CCCCC2)C[C@H]1CP(=O)(c1ccccc1)c1ccccc1. The minimum absolute atomic E-state index is 0.159.